The maximum absolute atomic E-state index is 11.8. The standard InChI is InChI=1S/C16H16BrClN2O2/c1-22-15-7-5-11(9-14(15)17)6-8-16(21)20-19-13-4-2-3-12(18)10-13/h2-5,7,9-10,19H,6,8H2,1H3,(H,20,21). The molecule has 0 saturated heterocycles. The molecule has 4 nitrogen and oxygen atoms in total. The van der Waals surface area contributed by atoms with E-state index in [1.54, 1.807) is 19.2 Å². The van der Waals surface area contributed by atoms with Crippen LogP contribution in [0.4, 0.5) is 5.69 Å². The topological polar surface area (TPSA) is 50.4 Å². The van der Waals surface area contributed by atoms with Crippen LogP contribution in [0.3, 0.4) is 0 Å². The lowest BCUT2D eigenvalue weighted by atomic mass is 10.1. The Morgan fingerprint density at radius 2 is 2.09 bits per heavy atom. The van der Waals surface area contributed by atoms with Crippen molar-refractivity contribution < 1.29 is 9.53 Å². The molecular weight excluding hydrogens is 368 g/mol. The number of hydrazine groups is 1. The van der Waals surface area contributed by atoms with Crippen molar-refractivity contribution in [1.82, 2.24) is 5.43 Å². The Hall–Kier alpha value is -1.72. The van der Waals surface area contributed by atoms with Crippen molar-refractivity contribution in [3.8, 4) is 5.75 Å². The van der Waals surface area contributed by atoms with Gasteiger partial charge in [-0.1, -0.05) is 23.7 Å². The van der Waals surface area contributed by atoms with Crippen LogP contribution in [-0.2, 0) is 11.2 Å². The molecule has 0 aliphatic rings. The first kappa shape index (κ1) is 16.6. The molecule has 0 aliphatic heterocycles. The summed E-state index contributed by atoms with van der Waals surface area (Å²) in [5.41, 5.74) is 7.29. The summed E-state index contributed by atoms with van der Waals surface area (Å²) in [6, 6.07) is 12.9. The fraction of sp³-hybridized carbons (Fsp3) is 0.188. The third-order valence-electron chi connectivity index (χ3n) is 3.03. The van der Waals surface area contributed by atoms with Crippen LogP contribution in [0.5, 0.6) is 5.75 Å². The lowest BCUT2D eigenvalue weighted by Gasteiger charge is -2.09. The first-order valence-electron chi connectivity index (χ1n) is 6.71. The summed E-state index contributed by atoms with van der Waals surface area (Å²) in [6.07, 6.45) is 1.03. The first-order chi connectivity index (χ1) is 10.6. The number of aryl methyl sites for hydroxylation is 1. The van der Waals surface area contributed by atoms with Gasteiger partial charge in [-0.3, -0.25) is 15.6 Å². The second-order valence-electron chi connectivity index (χ2n) is 4.65. The molecule has 116 valence electrons. The molecule has 0 unspecified atom stereocenters. The number of hydrogen-bond donors (Lipinski definition) is 2. The number of rotatable bonds is 6. The number of benzene rings is 2. The molecular formula is C16H16BrClN2O2. The molecule has 0 bridgehead atoms. The monoisotopic (exact) mass is 382 g/mol. The lowest BCUT2D eigenvalue weighted by Crippen LogP contribution is -2.29. The van der Waals surface area contributed by atoms with Gasteiger partial charge in [-0.05, 0) is 58.2 Å². The van der Waals surface area contributed by atoms with Crippen LogP contribution in [0.2, 0.25) is 5.02 Å². The minimum atomic E-state index is -0.0908. The van der Waals surface area contributed by atoms with Crippen molar-refractivity contribution in [2.24, 2.45) is 0 Å². The highest BCUT2D eigenvalue weighted by Gasteiger charge is 2.05. The highest BCUT2D eigenvalue weighted by molar-refractivity contribution is 9.10. The third-order valence-corrected chi connectivity index (χ3v) is 3.88. The zero-order valence-electron chi connectivity index (χ0n) is 12.0. The smallest absolute Gasteiger partial charge is 0.238 e. The predicted octanol–water partition coefficient (Wildman–Crippen LogP) is 4.19. The Labute approximate surface area is 142 Å². The maximum Gasteiger partial charge on any atom is 0.238 e. The van der Waals surface area contributed by atoms with Gasteiger partial charge in [0.15, 0.2) is 0 Å². The van der Waals surface area contributed by atoms with Crippen LogP contribution in [0, 0.1) is 0 Å². The van der Waals surface area contributed by atoms with Crippen LogP contribution in [0.15, 0.2) is 46.9 Å². The van der Waals surface area contributed by atoms with Crippen LogP contribution in [-0.4, -0.2) is 13.0 Å². The zero-order valence-corrected chi connectivity index (χ0v) is 14.4. The normalized spacial score (nSPS) is 10.1. The molecule has 2 aromatic rings. The van der Waals surface area contributed by atoms with E-state index in [-0.39, 0.29) is 5.91 Å². The van der Waals surface area contributed by atoms with E-state index in [1.165, 1.54) is 0 Å². The quantitative estimate of drug-likeness (QED) is 0.736. The molecule has 0 saturated carbocycles. The van der Waals surface area contributed by atoms with Crippen LogP contribution in [0.1, 0.15) is 12.0 Å². The van der Waals surface area contributed by atoms with Crippen molar-refractivity contribution in [1.29, 1.82) is 0 Å². The predicted molar refractivity (Wildman–Crippen MR) is 92.2 cm³/mol. The number of ether oxygens (including phenoxy) is 1. The van der Waals surface area contributed by atoms with Gasteiger partial charge in [0.1, 0.15) is 5.75 Å². The minimum Gasteiger partial charge on any atom is -0.496 e. The van der Waals surface area contributed by atoms with Gasteiger partial charge in [-0.25, -0.2) is 0 Å². The second kappa shape index (κ2) is 8.06. The number of carbonyl (C=O) groups excluding carboxylic acids is 1. The van der Waals surface area contributed by atoms with Crippen molar-refractivity contribution in [2.75, 3.05) is 12.5 Å². The van der Waals surface area contributed by atoms with Crippen LogP contribution < -0.4 is 15.6 Å². The number of nitrogens with one attached hydrogen (secondary N) is 2. The minimum absolute atomic E-state index is 0.0908. The highest BCUT2D eigenvalue weighted by atomic mass is 79.9. The van der Waals surface area contributed by atoms with Gasteiger partial charge in [-0.2, -0.15) is 0 Å². The first-order valence-corrected chi connectivity index (χ1v) is 7.88. The maximum atomic E-state index is 11.8. The summed E-state index contributed by atoms with van der Waals surface area (Å²) in [7, 11) is 1.62. The molecule has 2 N–H and O–H groups in total. The fourth-order valence-corrected chi connectivity index (χ4v) is 2.67. The highest BCUT2D eigenvalue weighted by Crippen LogP contribution is 2.25. The second-order valence-corrected chi connectivity index (χ2v) is 5.94. The Bertz CT molecular complexity index is 664. The molecule has 0 aliphatic carbocycles. The van der Waals surface area contributed by atoms with Gasteiger partial charge in [0, 0.05) is 11.4 Å². The van der Waals surface area contributed by atoms with Gasteiger partial charge in [0.2, 0.25) is 5.91 Å². The lowest BCUT2D eigenvalue weighted by molar-refractivity contribution is -0.120. The number of halogens is 2. The summed E-state index contributed by atoms with van der Waals surface area (Å²) < 4.78 is 6.06. The average molecular weight is 384 g/mol. The summed E-state index contributed by atoms with van der Waals surface area (Å²) in [5.74, 6) is 0.683. The van der Waals surface area contributed by atoms with Crippen LogP contribution >= 0.6 is 27.5 Å². The molecule has 2 aromatic carbocycles. The molecule has 22 heavy (non-hydrogen) atoms. The van der Waals surface area contributed by atoms with Crippen molar-refractivity contribution >= 4 is 39.1 Å². The molecule has 2 rings (SSSR count). The van der Waals surface area contributed by atoms with Gasteiger partial charge in [0.05, 0.1) is 17.3 Å². The third kappa shape index (κ3) is 4.93. The largest absolute Gasteiger partial charge is 0.496 e. The number of methoxy groups -OCH3 is 1. The SMILES string of the molecule is COc1ccc(CCC(=O)NNc2cccc(Cl)c2)cc1Br. The molecule has 0 fully saturated rings. The Balaban J connectivity index is 1.81. The van der Waals surface area contributed by atoms with E-state index >= 15 is 0 Å². The summed E-state index contributed by atoms with van der Waals surface area (Å²) >= 11 is 9.31. The van der Waals surface area contributed by atoms with Crippen molar-refractivity contribution in [3.05, 3.63) is 57.5 Å². The molecule has 6 heteroatoms. The van der Waals surface area contributed by atoms with Gasteiger partial charge < -0.3 is 4.74 Å². The van der Waals surface area contributed by atoms with E-state index < -0.39 is 0 Å². The van der Waals surface area contributed by atoms with Gasteiger partial charge >= 0.3 is 0 Å². The fourth-order valence-electron chi connectivity index (χ4n) is 1.89. The molecule has 0 radical (unpaired) electrons. The molecule has 0 spiro atoms. The molecule has 0 aromatic heterocycles. The number of anilines is 1. The summed E-state index contributed by atoms with van der Waals surface area (Å²) in [5, 5.41) is 0.613. The van der Waals surface area contributed by atoms with E-state index in [0.717, 1.165) is 21.5 Å². The molecule has 1 amide bonds. The van der Waals surface area contributed by atoms with Crippen LogP contribution in [0.25, 0.3) is 0 Å². The Kier molecular flexibility index (Phi) is 6.10. The zero-order chi connectivity index (χ0) is 15.9. The van der Waals surface area contributed by atoms with Crippen molar-refractivity contribution in [3.63, 3.8) is 0 Å². The molecule has 0 atom stereocenters. The number of amides is 1. The summed E-state index contributed by atoms with van der Waals surface area (Å²) in [6.45, 7) is 0. The Morgan fingerprint density at radius 1 is 1.27 bits per heavy atom. The van der Waals surface area contributed by atoms with Crippen molar-refractivity contribution in [2.45, 2.75) is 12.8 Å². The van der Waals surface area contributed by atoms with E-state index in [9.17, 15) is 4.79 Å². The van der Waals surface area contributed by atoms with E-state index in [1.807, 2.05) is 30.3 Å². The van der Waals surface area contributed by atoms with Gasteiger partial charge in [0.25, 0.3) is 0 Å². The van der Waals surface area contributed by atoms with E-state index in [0.29, 0.717) is 17.9 Å². The van der Waals surface area contributed by atoms with Gasteiger partial charge in [-0.15, -0.1) is 0 Å². The Morgan fingerprint density at radius 3 is 2.77 bits per heavy atom. The molecule has 0 heterocycles. The average Bonchev–Trinajstić information content (AvgIpc) is 2.51. The number of carbonyl (C=O) groups is 1. The summed E-state index contributed by atoms with van der Waals surface area (Å²) in [4.78, 5) is 11.8. The van der Waals surface area contributed by atoms with E-state index in [2.05, 4.69) is 26.8 Å². The number of hydrogen-bond acceptors (Lipinski definition) is 3. The van der Waals surface area contributed by atoms with E-state index in [4.69, 9.17) is 16.3 Å².